The minimum atomic E-state index is -3.21. The molecule has 0 amide bonds. The summed E-state index contributed by atoms with van der Waals surface area (Å²) >= 11 is 0. The first-order chi connectivity index (χ1) is 14.7. The standard InChI is InChI=1S/C24H36N4O2S.HI/c1-7-19-9-12-21(13-10-19)22(28(4)5)17-27-24(25-8-2)26-16-20-11-14-23(18(3)15-20)31(6,29)30;/h9-15,22H,7-8,16-17H2,1-6H3,(H2,25,26,27);1H. The van der Waals surface area contributed by atoms with Crippen molar-refractivity contribution in [2.24, 2.45) is 4.99 Å². The van der Waals surface area contributed by atoms with Crippen molar-refractivity contribution in [2.75, 3.05) is 33.4 Å². The molecule has 0 bridgehead atoms. The molecule has 2 rings (SSSR count). The van der Waals surface area contributed by atoms with E-state index in [1.165, 1.54) is 17.4 Å². The Morgan fingerprint density at radius 3 is 2.16 bits per heavy atom. The van der Waals surface area contributed by atoms with E-state index in [4.69, 9.17) is 4.99 Å². The number of aryl methyl sites for hydroxylation is 2. The predicted molar refractivity (Wildman–Crippen MR) is 145 cm³/mol. The van der Waals surface area contributed by atoms with Gasteiger partial charge in [0.2, 0.25) is 0 Å². The Morgan fingerprint density at radius 2 is 1.66 bits per heavy atom. The molecule has 2 aromatic carbocycles. The van der Waals surface area contributed by atoms with Crippen LogP contribution in [-0.2, 0) is 22.8 Å². The van der Waals surface area contributed by atoms with Crippen LogP contribution in [0.15, 0.2) is 52.4 Å². The van der Waals surface area contributed by atoms with Gasteiger partial charge >= 0.3 is 0 Å². The largest absolute Gasteiger partial charge is 0.357 e. The van der Waals surface area contributed by atoms with Crippen LogP contribution < -0.4 is 10.6 Å². The maximum absolute atomic E-state index is 11.8. The molecule has 0 heterocycles. The number of rotatable bonds is 9. The molecule has 0 aromatic heterocycles. The molecule has 0 fully saturated rings. The van der Waals surface area contributed by atoms with Crippen molar-refractivity contribution in [3.63, 3.8) is 0 Å². The zero-order chi connectivity index (χ0) is 23.0. The normalized spacial score (nSPS) is 12.9. The monoisotopic (exact) mass is 572 g/mol. The first-order valence-corrected chi connectivity index (χ1v) is 12.6. The van der Waals surface area contributed by atoms with E-state index >= 15 is 0 Å². The highest BCUT2D eigenvalue weighted by atomic mass is 127. The van der Waals surface area contributed by atoms with E-state index in [-0.39, 0.29) is 30.0 Å². The van der Waals surface area contributed by atoms with Gasteiger partial charge in [0.05, 0.1) is 17.5 Å². The third kappa shape index (κ3) is 8.37. The van der Waals surface area contributed by atoms with Gasteiger partial charge in [-0.1, -0.05) is 43.3 Å². The van der Waals surface area contributed by atoms with Gasteiger partial charge in [0.25, 0.3) is 0 Å². The number of likely N-dealkylation sites (N-methyl/N-ethyl adjacent to an activating group) is 1. The number of halogens is 1. The summed E-state index contributed by atoms with van der Waals surface area (Å²) in [6.45, 7) is 7.97. The van der Waals surface area contributed by atoms with Crippen LogP contribution in [0.25, 0.3) is 0 Å². The summed E-state index contributed by atoms with van der Waals surface area (Å²) in [5.41, 5.74) is 4.32. The number of hydrogen-bond acceptors (Lipinski definition) is 4. The Morgan fingerprint density at radius 1 is 1.03 bits per heavy atom. The Bertz CT molecular complexity index is 990. The molecule has 0 aliphatic rings. The first-order valence-electron chi connectivity index (χ1n) is 10.7. The molecule has 0 saturated heterocycles. The zero-order valence-corrected chi connectivity index (χ0v) is 23.1. The third-order valence-electron chi connectivity index (χ3n) is 5.26. The average Bonchev–Trinajstić information content (AvgIpc) is 2.71. The number of aliphatic imine (C=N–C) groups is 1. The number of guanidine groups is 1. The van der Waals surface area contributed by atoms with Crippen LogP contribution >= 0.6 is 24.0 Å². The predicted octanol–water partition coefficient (Wildman–Crippen LogP) is 3.94. The van der Waals surface area contributed by atoms with Gasteiger partial charge in [-0.05, 0) is 62.7 Å². The molecule has 1 atom stereocenters. The van der Waals surface area contributed by atoms with Gasteiger partial charge in [0.15, 0.2) is 15.8 Å². The number of nitrogens with zero attached hydrogens (tertiary/aromatic N) is 2. The van der Waals surface area contributed by atoms with Crippen molar-refractivity contribution in [3.8, 4) is 0 Å². The van der Waals surface area contributed by atoms with Crippen molar-refractivity contribution < 1.29 is 8.42 Å². The second-order valence-electron chi connectivity index (χ2n) is 8.02. The molecule has 6 nitrogen and oxygen atoms in total. The van der Waals surface area contributed by atoms with Crippen molar-refractivity contribution in [2.45, 2.75) is 44.7 Å². The summed E-state index contributed by atoms with van der Waals surface area (Å²) < 4.78 is 23.6. The molecule has 0 radical (unpaired) electrons. The lowest BCUT2D eigenvalue weighted by Crippen LogP contribution is -2.41. The maximum Gasteiger partial charge on any atom is 0.191 e. The van der Waals surface area contributed by atoms with Gasteiger partial charge in [-0.15, -0.1) is 24.0 Å². The molecular weight excluding hydrogens is 535 g/mol. The van der Waals surface area contributed by atoms with Crippen LogP contribution in [0, 0.1) is 6.92 Å². The van der Waals surface area contributed by atoms with Gasteiger partial charge in [-0.2, -0.15) is 0 Å². The summed E-state index contributed by atoms with van der Waals surface area (Å²) in [5, 5.41) is 6.74. The summed E-state index contributed by atoms with van der Waals surface area (Å²) in [6, 6.07) is 14.4. The van der Waals surface area contributed by atoms with Gasteiger partial charge < -0.3 is 15.5 Å². The number of benzene rings is 2. The van der Waals surface area contributed by atoms with E-state index in [0.29, 0.717) is 11.4 Å². The molecule has 8 heteroatoms. The topological polar surface area (TPSA) is 73.8 Å². The molecule has 2 N–H and O–H groups in total. The molecule has 2 aromatic rings. The quantitative estimate of drug-likeness (QED) is 0.271. The number of hydrogen-bond donors (Lipinski definition) is 2. The summed E-state index contributed by atoms with van der Waals surface area (Å²) in [7, 11) is 0.947. The van der Waals surface area contributed by atoms with Crippen LogP contribution in [0.1, 0.15) is 42.1 Å². The first kappa shape index (κ1) is 28.4. The van der Waals surface area contributed by atoms with Crippen LogP contribution in [-0.4, -0.2) is 52.7 Å². The van der Waals surface area contributed by atoms with E-state index in [1.807, 2.05) is 26.0 Å². The summed E-state index contributed by atoms with van der Waals surface area (Å²) in [4.78, 5) is 7.26. The maximum atomic E-state index is 11.8. The van der Waals surface area contributed by atoms with Gasteiger partial charge in [0, 0.05) is 19.3 Å². The van der Waals surface area contributed by atoms with E-state index in [2.05, 4.69) is 60.8 Å². The lowest BCUT2D eigenvalue weighted by molar-refractivity contribution is 0.298. The Balaban J connectivity index is 0.00000512. The molecule has 1 unspecified atom stereocenters. The Hall–Kier alpha value is -1.65. The van der Waals surface area contributed by atoms with E-state index in [0.717, 1.165) is 36.6 Å². The average molecular weight is 573 g/mol. The Kier molecular flexibility index (Phi) is 11.7. The van der Waals surface area contributed by atoms with E-state index in [9.17, 15) is 8.42 Å². The van der Waals surface area contributed by atoms with E-state index in [1.54, 1.807) is 6.07 Å². The van der Waals surface area contributed by atoms with Crippen LogP contribution in [0.3, 0.4) is 0 Å². The molecule has 0 aliphatic carbocycles. The highest BCUT2D eigenvalue weighted by Gasteiger charge is 2.15. The summed E-state index contributed by atoms with van der Waals surface area (Å²) in [5.74, 6) is 0.740. The van der Waals surface area contributed by atoms with Crippen LogP contribution in [0.5, 0.6) is 0 Å². The zero-order valence-electron chi connectivity index (χ0n) is 20.0. The lowest BCUT2D eigenvalue weighted by Gasteiger charge is -2.26. The fourth-order valence-electron chi connectivity index (χ4n) is 3.51. The van der Waals surface area contributed by atoms with Crippen molar-refractivity contribution in [1.82, 2.24) is 15.5 Å². The van der Waals surface area contributed by atoms with Gasteiger partial charge in [0.1, 0.15) is 0 Å². The summed E-state index contributed by atoms with van der Waals surface area (Å²) in [6.07, 6.45) is 2.27. The highest BCUT2D eigenvalue weighted by Crippen LogP contribution is 2.19. The van der Waals surface area contributed by atoms with Crippen LogP contribution in [0.2, 0.25) is 0 Å². The molecule has 0 saturated carbocycles. The SMILES string of the molecule is CCNC(=NCc1ccc(S(C)(=O)=O)c(C)c1)NCC(c1ccc(CC)cc1)N(C)C.I. The fraction of sp³-hybridized carbons (Fsp3) is 0.458. The minimum absolute atomic E-state index is 0. The van der Waals surface area contributed by atoms with Crippen LogP contribution in [0.4, 0.5) is 0 Å². The molecular formula is C24H37IN4O2S. The lowest BCUT2D eigenvalue weighted by atomic mass is 10.0. The number of nitrogens with one attached hydrogen (secondary N) is 2. The Labute approximate surface area is 210 Å². The highest BCUT2D eigenvalue weighted by molar-refractivity contribution is 14.0. The van der Waals surface area contributed by atoms with Gasteiger partial charge in [-0.25, -0.2) is 13.4 Å². The molecule has 0 aliphatic heterocycles. The molecule has 178 valence electrons. The van der Waals surface area contributed by atoms with E-state index < -0.39 is 9.84 Å². The fourth-order valence-corrected chi connectivity index (χ4v) is 4.46. The second kappa shape index (κ2) is 13.2. The minimum Gasteiger partial charge on any atom is -0.357 e. The second-order valence-corrected chi connectivity index (χ2v) is 10.0. The molecule has 0 spiro atoms. The molecule has 32 heavy (non-hydrogen) atoms. The smallest absolute Gasteiger partial charge is 0.191 e. The third-order valence-corrected chi connectivity index (χ3v) is 6.52. The van der Waals surface area contributed by atoms with Gasteiger partial charge in [-0.3, -0.25) is 0 Å². The van der Waals surface area contributed by atoms with Crippen molar-refractivity contribution in [1.29, 1.82) is 0 Å². The van der Waals surface area contributed by atoms with Crippen molar-refractivity contribution >= 4 is 39.8 Å². The van der Waals surface area contributed by atoms with Crippen molar-refractivity contribution in [3.05, 3.63) is 64.7 Å². The number of sulfone groups is 1.